The second kappa shape index (κ2) is 8.86. The zero-order valence-electron chi connectivity index (χ0n) is 13.9. The predicted molar refractivity (Wildman–Crippen MR) is 95.3 cm³/mol. The number of ether oxygens (including phenoxy) is 1. The third-order valence-corrected chi connectivity index (χ3v) is 4.34. The van der Waals surface area contributed by atoms with Gasteiger partial charge in [-0.2, -0.15) is 0 Å². The third-order valence-electron chi connectivity index (χ3n) is 3.30. The van der Waals surface area contributed by atoms with Crippen LogP contribution in [-0.2, 0) is 14.3 Å². The Hall–Kier alpha value is -3.07. The van der Waals surface area contributed by atoms with Gasteiger partial charge in [-0.1, -0.05) is 0 Å². The number of esters is 1. The molecule has 1 aromatic carbocycles. The minimum atomic E-state index is -0.648. The SMILES string of the molecule is Cc1ccc(C(=O)CCC(=O)OCC(=O)Nc2ccc([N+](=O)[O-])cc2)s1. The number of carbonyl (C=O) groups excluding carboxylic acids is 3. The van der Waals surface area contributed by atoms with Gasteiger partial charge in [0.05, 0.1) is 16.2 Å². The number of rotatable bonds is 8. The first-order valence-corrected chi connectivity index (χ1v) is 8.46. The summed E-state index contributed by atoms with van der Waals surface area (Å²) in [7, 11) is 0. The number of nitrogens with one attached hydrogen (secondary N) is 1. The Morgan fingerprint density at radius 3 is 2.38 bits per heavy atom. The van der Waals surface area contributed by atoms with Gasteiger partial charge in [-0.3, -0.25) is 24.5 Å². The maximum absolute atomic E-state index is 11.9. The van der Waals surface area contributed by atoms with Crippen LogP contribution < -0.4 is 5.32 Å². The lowest BCUT2D eigenvalue weighted by Gasteiger charge is -2.06. The van der Waals surface area contributed by atoms with Gasteiger partial charge in [0.1, 0.15) is 0 Å². The van der Waals surface area contributed by atoms with Crippen LogP contribution in [0.25, 0.3) is 0 Å². The van der Waals surface area contributed by atoms with E-state index in [2.05, 4.69) is 5.32 Å². The number of nitro groups is 1. The van der Waals surface area contributed by atoms with E-state index < -0.39 is 23.4 Å². The largest absolute Gasteiger partial charge is 0.456 e. The first-order chi connectivity index (χ1) is 12.3. The molecule has 0 atom stereocenters. The summed E-state index contributed by atoms with van der Waals surface area (Å²) in [5.41, 5.74) is 0.250. The third kappa shape index (κ3) is 5.78. The van der Waals surface area contributed by atoms with E-state index in [1.165, 1.54) is 35.6 Å². The molecular formula is C17H16N2O6S. The molecule has 8 nitrogen and oxygen atoms in total. The summed E-state index contributed by atoms with van der Waals surface area (Å²) < 4.78 is 4.82. The lowest BCUT2D eigenvalue weighted by atomic mass is 10.2. The predicted octanol–water partition coefficient (Wildman–Crippen LogP) is 3.11. The number of non-ortho nitro benzene ring substituents is 1. The van der Waals surface area contributed by atoms with Gasteiger partial charge in [0.25, 0.3) is 11.6 Å². The average Bonchev–Trinajstić information content (AvgIpc) is 3.05. The zero-order valence-corrected chi connectivity index (χ0v) is 14.7. The molecular weight excluding hydrogens is 360 g/mol. The summed E-state index contributed by atoms with van der Waals surface area (Å²) in [6, 6.07) is 8.79. The van der Waals surface area contributed by atoms with Crippen molar-refractivity contribution in [3.63, 3.8) is 0 Å². The smallest absolute Gasteiger partial charge is 0.306 e. The normalized spacial score (nSPS) is 10.2. The highest BCUT2D eigenvalue weighted by Crippen LogP contribution is 2.18. The lowest BCUT2D eigenvalue weighted by molar-refractivity contribution is -0.384. The molecule has 0 spiro atoms. The Balaban J connectivity index is 1.72. The van der Waals surface area contributed by atoms with Crippen molar-refractivity contribution in [3.8, 4) is 0 Å². The quantitative estimate of drug-likeness (QED) is 0.327. The Morgan fingerprint density at radius 2 is 1.81 bits per heavy atom. The molecule has 26 heavy (non-hydrogen) atoms. The first kappa shape index (κ1) is 19.3. The van der Waals surface area contributed by atoms with Crippen molar-refractivity contribution in [2.45, 2.75) is 19.8 Å². The van der Waals surface area contributed by atoms with E-state index in [0.717, 1.165) is 4.88 Å². The van der Waals surface area contributed by atoms with Crippen LogP contribution in [0.3, 0.4) is 0 Å². The Kier molecular flexibility index (Phi) is 6.56. The van der Waals surface area contributed by atoms with Gasteiger partial charge in [-0.25, -0.2) is 0 Å². The van der Waals surface area contributed by atoms with Gasteiger partial charge in [-0.05, 0) is 31.2 Å². The summed E-state index contributed by atoms with van der Waals surface area (Å²) in [6.45, 7) is 1.39. The summed E-state index contributed by atoms with van der Waals surface area (Å²) in [6.07, 6.45) is -0.0939. The second-order valence-corrected chi connectivity index (χ2v) is 6.63. The summed E-state index contributed by atoms with van der Waals surface area (Å²) in [5, 5.41) is 13.0. The van der Waals surface area contributed by atoms with Gasteiger partial charge >= 0.3 is 5.97 Å². The zero-order chi connectivity index (χ0) is 19.1. The molecule has 0 radical (unpaired) electrons. The molecule has 1 heterocycles. The number of nitro benzene ring substituents is 1. The van der Waals surface area contributed by atoms with Crippen molar-refractivity contribution in [1.29, 1.82) is 0 Å². The molecule has 9 heteroatoms. The summed E-state index contributed by atoms with van der Waals surface area (Å²) >= 11 is 1.36. The minimum absolute atomic E-state index is 0.0166. The second-order valence-electron chi connectivity index (χ2n) is 5.35. The van der Waals surface area contributed by atoms with E-state index in [1.54, 1.807) is 6.07 Å². The highest BCUT2D eigenvalue weighted by molar-refractivity contribution is 7.14. The van der Waals surface area contributed by atoms with Gasteiger partial charge in [0.15, 0.2) is 12.4 Å². The molecule has 0 aliphatic carbocycles. The highest BCUT2D eigenvalue weighted by Gasteiger charge is 2.13. The maximum atomic E-state index is 11.9. The fraction of sp³-hybridized carbons (Fsp3) is 0.235. The van der Waals surface area contributed by atoms with E-state index in [9.17, 15) is 24.5 Å². The topological polar surface area (TPSA) is 116 Å². The van der Waals surface area contributed by atoms with Crippen LogP contribution in [0.4, 0.5) is 11.4 Å². The fourth-order valence-corrected chi connectivity index (χ4v) is 2.84. The molecule has 0 saturated heterocycles. The molecule has 2 rings (SSSR count). The molecule has 1 amide bonds. The molecule has 136 valence electrons. The number of ketones is 1. The van der Waals surface area contributed by atoms with Crippen molar-refractivity contribution in [2.75, 3.05) is 11.9 Å². The number of aryl methyl sites for hydroxylation is 1. The monoisotopic (exact) mass is 376 g/mol. The minimum Gasteiger partial charge on any atom is -0.456 e. The molecule has 1 N–H and O–H groups in total. The number of Topliss-reactive ketones (excluding diaryl/α,β-unsaturated/α-hetero) is 1. The van der Waals surface area contributed by atoms with Crippen molar-refractivity contribution in [3.05, 3.63) is 56.3 Å². The van der Waals surface area contributed by atoms with Crippen LogP contribution in [-0.4, -0.2) is 29.2 Å². The number of anilines is 1. The molecule has 2 aromatic rings. The van der Waals surface area contributed by atoms with Crippen LogP contribution in [0, 0.1) is 17.0 Å². The Bertz CT molecular complexity index is 828. The number of nitrogens with zero attached hydrogens (tertiary/aromatic N) is 1. The molecule has 1 aromatic heterocycles. The Labute approximate surface area is 152 Å². The summed E-state index contributed by atoms with van der Waals surface area (Å²) in [5.74, 6) is -1.37. The van der Waals surface area contributed by atoms with Crippen molar-refractivity contribution in [2.24, 2.45) is 0 Å². The van der Waals surface area contributed by atoms with Gasteiger partial charge in [0, 0.05) is 29.1 Å². The molecule has 0 unspecified atom stereocenters. The van der Waals surface area contributed by atoms with E-state index in [4.69, 9.17) is 4.74 Å². The van der Waals surface area contributed by atoms with E-state index in [-0.39, 0.29) is 24.3 Å². The number of thiophene rings is 1. The molecule has 0 aliphatic rings. The summed E-state index contributed by atoms with van der Waals surface area (Å²) in [4.78, 5) is 46.8. The number of amides is 1. The van der Waals surface area contributed by atoms with Crippen LogP contribution in [0.5, 0.6) is 0 Å². The van der Waals surface area contributed by atoms with Crippen LogP contribution in [0.1, 0.15) is 27.4 Å². The lowest BCUT2D eigenvalue weighted by Crippen LogP contribution is -2.21. The average molecular weight is 376 g/mol. The van der Waals surface area contributed by atoms with E-state index >= 15 is 0 Å². The van der Waals surface area contributed by atoms with Crippen molar-refractivity contribution < 1.29 is 24.0 Å². The first-order valence-electron chi connectivity index (χ1n) is 7.64. The molecule has 0 saturated carbocycles. The van der Waals surface area contributed by atoms with Gasteiger partial charge < -0.3 is 10.1 Å². The number of carbonyl (C=O) groups is 3. The standard InChI is InChI=1S/C17H16N2O6S/c1-11-2-8-15(26-11)14(20)7-9-17(22)25-10-16(21)18-12-3-5-13(6-4-12)19(23)24/h2-6,8H,7,9-10H2,1H3,(H,18,21). The van der Waals surface area contributed by atoms with Crippen molar-refractivity contribution in [1.82, 2.24) is 0 Å². The van der Waals surface area contributed by atoms with Crippen LogP contribution in [0.2, 0.25) is 0 Å². The molecule has 0 aliphatic heterocycles. The van der Waals surface area contributed by atoms with Crippen LogP contribution in [0.15, 0.2) is 36.4 Å². The van der Waals surface area contributed by atoms with Gasteiger partial charge in [-0.15, -0.1) is 11.3 Å². The van der Waals surface area contributed by atoms with Crippen LogP contribution >= 0.6 is 11.3 Å². The maximum Gasteiger partial charge on any atom is 0.306 e. The number of hydrogen-bond donors (Lipinski definition) is 1. The van der Waals surface area contributed by atoms with Crippen molar-refractivity contribution >= 4 is 40.4 Å². The molecule has 0 bridgehead atoms. The number of hydrogen-bond acceptors (Lipinski definition) is 7. The number of benzene rings is 1. The van der Waals surface area contributed by atoms with E-state index in [0.29, 0.717) is 10.6 Å². The van der Waals surface area contributed by atoms with Gasteiger partial charge in [0.2, 0.25) is 0 Å². The fourth-order valence-electron chi connectivity index (χ4n) is 2.00. The van der Waals surface area contributed by atoms with E-state index in [1.807, 2.05) is 13.0 Å². The molecule has 0 fully saturated rings. The highest BCUT2D eigenvalue weighted by atomic mass is 32.1. The Morgan fingerprint density at radius 1 is 1.12 bits per heavy atom.